The number of H-pyrrole nitrogens is 1. The van der Waals surface area contributed by atoms with E-state index in [1.165, 1.54) is 5.56 Å². The van der Waals surface area contributed by atoms with Crippen molar-refractivity contribution in [1.29, 1.82) is 0 Å². The molecule has 0 spiro atoms. The summed E-state index contributed by atoms with van der Waals surface area (Å²) in [4.78, 5) is 18.5. The Morgan fingerprint density at radius 1 is 0.903 bits per heavy atom. The number of halogens is 2. The Kier molecular flexibility index (Phi) is 4.07. The second kappa shape index (κ2) is 6.84. The zero-order chi connectivity index (χ0) is 21.1. The van der Waals surface area contributed by atoms with Crippen molar-refractivity contribution in [2.24, 2.45) is 0 Å². The molecule has 6 heteroatoms. The highest BCUT2D eigenvalue weighted by molar-refractivity contribution is 6.42. The third-order valence-corrected chi connectivity index (χ3v) is 6.53. The second-order valence-corrected chi connectivity index (χ2v) is 8.40. The average molecular weight is 444 g/mol. The molecule has 2 aromatic heterocycles. The van der Waals surface area contributed by atoms with Crippen LogP contribution in [-0.4, -0.2) is 14.8 Å². The van der Waals surface area contributed by atoms with Gasteiger partial charge in [-0.05, 0) is 41.0 Å². The quantitative estimate of drug-likeness (QED) is 0.343. The topological polar surface area (TPSA) is 50.7 Å². The highest BCUT2D eigenvalue weighted by Gasteiger charge is 2.28. The van der Waals surface area contributed by atoms with Crippen molar-refractivity contribution in [1.82, 2.24) is 14.8 Å². The summed E-state index contributed by atoms with van der Waals surface area (Å²) < 4.78 is 1.54. The maximum atomic E-state index is 13.6. The van der Waals surface area contributed by atoms with Crippen LogP contribution >= 0.6 is 23.2 Å². The number of aromatic amines is 1. The van der Waals surface area contributed by atoms with Gasteiger partial charge in [-0.3, -0.25) is 9.89 Å². The summed E-state index contributed by atoms with van der Waals surface area (Å²) in [5.74, 6) is 0. The molecule has 0 aliphatic heterocycles. The summed E-state index contributed by atoms with van der Waals surface area (Å²) in [6.07, 6.45) is 0.708. The van der Waals surface area contributed by atoms with Crippen LogP contribution in [0.15, 0.2) is 77.6 Å². The smallest absolute Gasteiger partial charge is 0.274 e. The van der Waals surface area contributed by atoms with Gasteiger partial charge in [-0.25, -0.2) is 9.67 Å². The fourth-order valence-corrected chi connectivity index (χ4v) is 4.70. The summed E-state index contributed by atoms with van der Waals surface area (Å²) in [6, 6.07) is 23.2. The van der Waals surface area contributed by atoms with E-state index in [0.717, 1.165) is 33.6 Å². The van der Waals surface area contributed by atoms with Gasteiger partial charge < -0.3 is 0 Å². The monoisotopic (exact) mass is 443 g/mol. The van der Waals surface area contributed by atoms with Gasteiger partial charge in [-0.15, -0.1) is 0 Å². The third-order valence-electron chi connectivity index (χ3n) is 5.80. The van der Waals surface area contributed by atoms with Crippen molar-refractivity contribution in [2.75, 3.05) is 0 Å². The Balaban J connectivity index is 1.73. The number of pyridine rings is 1. The highest BCUT2D eigenvalue weighted by atomic mass is 35.5. The maximum absolute atomic E-state index is 13.6. The molecule has 0 radical (unpaired) electrons. The normalized spacial score (nSPS) is 12.2. The van der Waals surface area contributed by atoms with Crippen molar-refractivity contribution < 1.29 is 0 Å². The van der Waals surface area contributed by atoms with E-state index in [2.05, 4.69) is 17.2 Å². The molecule has 1 N–H and O–H groups in total. The van der Waals surface area contributed by atoms with Crippen molar-refractivity contribution in [3.8, 4) is 28.1 Å². The van der Waals surface area contributed by atoms with Gasteiger partial charge in [0.15, 0.2) is 5.65 Å². The average Bonchev–Trinajstić information content (AvgIpc) is 3.32. The van der Waals surface area contributed by atoms with Gasteiger partial charge in [-0.2, -0.15) is 0 Å². The summed E-state index contributed by atoms with van der Waals surface area (Å²) in [7, 11) is 0. The van der Waals surface area contributed by atoms with E-state index in [1.807, 2.05) is 54.6 Å². The number of hydrogen-bond donors (Lipinski definition) is 1. The molecule has 0 unspecified atom stereocenters. The Bertz CT molecular complexity index is 1550. The van der Waals surface area contributed by atoms with Crippen molar-refractivity contribution >= 4 is 34.2 Å². The van der Waals surface area contributed by atoms with E-state index in [4.69, 9.17) is 28.2 Å². The fraction of sp³-hybridized carbons (Fsp3) is 0.0400. The predicted octanol–water partition coefficient (Wildman–Crippen LogP) is 6.26. The number of para-hydroxylation sites is 1. The molecule has 6 rings (SSSR count). The van der Waals surface area contributed by atoms with E-state index in [1.54, 1.807) is 10.7 Å². The Morgan fingerprint density at radius 3 is 2.48 bits per heavy atom. The van der Waals surface area contributed by atoms with Crippen LogP contribution in [0.1, 0.15) is 11.1 Å². The molecule has 0 bridgehead atoms. The lowest BCUT2D eigenvalue weighted by atomic mass is 9.96. The van der Waals surface area contributed by atoms with Crippen LogP contribution in [0.2, 0.25) is 10.0 Å². The molecule has 5 aromatic rings. The molecular weight excluding hydrogens is 429 g/mol. The molecule has 0 saturated heterocycles. The molecular formula is C25H15Cl2N3O. The van der Waals surface area contributed by atoms with Gasteiger partial charge in [0.25, 0.3) is 5.56 Å². The Hall–Kier alpha value is -3.34. The molecule has 150 valence electrons. The van der Waals surface area contributed by atoms with Crippen LogP contribution < -0.4 is 5.56 Å². The van der Waals surface area contributed by atoms with Crippen LogP contribution in [0.5, 0.6) is 0 Å². The van der Waals surface area contributed by atoms with Crippen LogP contribution in [0, 0.1) is 0 Å². The molecule has 2 heterocycles. The molecule has 31 heavy (non-hydrogen) atoms. The van der Waals surface area contributed by atoms with E-state index in [-0.39, 0.29) is 5.56 Å². The first-order valence-electron chi connectivity index (χ1n) is 9.88. The first kappa shape index (κ1) is 18.4. The number of aromatic nitrogens is 3. The number of hydrogen-bond acceptors (Lipinski definition) is 2. The summed E-state index contributed by atoms with van der Waals surface area (Å²) in [6.45, 7) is 0. The Morgan fingerprint density at radius 2 is 1.68 bits per heavy atom. The zero-order valence-corrected chi connectivity index (χ0v) is 17.7. The first-order chi connectivity index (χ1) is 15.1. The van der Waals surface area contributed by atoms with Gasteiger partial charge in [0.2, 0.25) is 0 Å². The van der Waals surface area contributed by atoms with Gasteiger partial charge in [-0.1, -0.05) is 71.7 Å². The predicted molar refractivity (Wildman–Crippen MR) is 125 cm³/mol. The highest BCUT2D eigenvalue weighted by Crippen LogP contribution is 2.43. The van der Waals surface area contributed by atoms with E-state index < -0.39 is 0 Å². The standard InChI is InChI=1S/C25H15Cl2N3O/c26-19-11-10-15(13-20(19)27)21-18-12-14-6-4-5-9-17(14)23(18)28-24-22(21)25(31)30(29-24)16-7-2-1-3-8-16/h1-11,13H,12H2,(H,28,29). The molecule has 1 aliphatic rings. The number of nitrogens with one attached hydrogen (secondary N) is 1. The molecule has 4 nitrogen and oxygen atoms in total. The minimum atomic E-state index is -0.145. The largest absolute Gasteiger partial charge is 0.281 e. The van der Waals surface area contributed by atoms with E-state index in [0.29, 0.717) is 27.5 Å². The van der Waals surface area contributed by atoms with Gasteiger partial charge in [0.05, 0.1) is 26.8 Å². The van der Waals surface area contributed by atoms with Crippen LogP contribution in [0.4, 0.5) is 0 Å². The van der Waals surface area contributed by atoms with Crippen molar-refractivity contribution in [2.45, 2.75) is 6.42 Å². The van der Waals surface area contributed by atoms with E-state index >= 15 is 0 Å². The molecule has 1 aliphatic carbocycles. The number of fused-ring (bicyclic) bond motifs is 4. The summed E-state index contributed by atoms with van der Waals surface area (Å²) >= 11 is 12.5. The van der Waals surface area contributed by atoms with Crippen LogP contribution in [0.25, 0.3) is 39.1 Å². The number of rotatable bonds is 2. The second-order valence-electron chi connectivity index (χ2n) is 7.59. The molecule has 0 fully saturated rings. The van der Waals surface area contributed by atoms with Crippen molar-refractivity contribution in [3.63, 3.8) is 0 Å². The lowest BCUT2D eigenvalue weighted by molar-refractivity contribution is 0.859. The third kappa shape index (κ3) is 2.76. The van der Waals surface area contributed by atoms with Crippen molar-refractivity contribution in [3.05, 3.63) is 104 Å². The van der Waals surface area contributed by atoms with Gasteiger partial charge >= 0.3 is 0 Å². The SMILES string of the molecule is O=c1c2c(-c3ccc(Cl)c(Cl)c3)c3c(nc2[nH]n1-c1ccccc1)-c1ccccc1C3. The van der Waals surface area contributed by atoms with E-state index in [9.17, 15) is 4.79 Å². The zero-order valence-electron chi connectivity index (χ0n) is 16.2. The summed E-state index contributed by atoms with van der Waals surface area (Å²) in [5.41, 5.74) is 7.07. The minimum absolute atomic E-state index is 0.145. The molecule has 3 aromatic carbocycles. The number of nitrogens with zero attached hydrogens (tertiary/aromatic N) is 2. The lowest BCUT2D eigenvalue weighted by Gasteiger charge is -2.10. The minimum Gasteiger partial charge on any atom is -0.274 e. The Labute approximate surface area is 187 Å². The van der Waals surface area contributed by atoms with Crippen LogP contribution in [-0.2, 0) is 6.42 Å². The molecule has 0 amide bonds. The van der Waals surface area contributed by atoms with Crippen LogP contribution in [0.3, 0.4) is 0 Å². The first-order valence-corrected chi connectivity index (χ1v) is 10.6. The van der Waals surface area contributed by atoms with Gasteiger partial charge in [0.1, 0.15) is 0 Å². The molecule has 0 atom stereocenters. The maximum Gasteiger partial charge on any atom is 0.281 e. The van der Waals surface area contributed by atoms with Gasteiger partial charge in [0, 0.05) is 17.5 Å². The fourth-order valence-electron chi connectivity index (χ4n) is 4.40. The number of benzene rings is 3. The summed E-state index contributed by atoms with van der Waals surface area (Å²) in [5, 5.41) is 4.69. The lowest BCUT2D eigenvalue weighted by Crippen LogP contribution is -2.14. The molecule has 0 saturated carbocycles.